The summed E-state index contributed by atoms with van der Waals surface area (Å²) < 4.78 is 13.0. The molecule has 2 aromatic rings. The average Bonchev–Trinajstić information content (AvgIpc) is 2.38. The number of urea groups is 1. The molecule has 0 heterocycles. The van der Waals surface area contributed by atoms with Crippen LogP contribution in [0.3, 0.4) is 0 Å². The zero-order chi connectivity index (χ0) is 14.7. The summed E-state index contributed by atoms with van der Waals surface area (Å²) in [5.74, 6) is -0.539. The Morgan fingerprint density at radius 3 is 2.10 bits per heavy atom. The van der Waals surface area contributed by atoms with Gasteiger partial charge in [0.25, 0.3) is 0 Å². The number of amides is 2. The van der Waals surface area contributed by atoms with Crippen LogP contribution in [0.5, 0.6) is 0 Å². The summed E-state index contributed by atoms with van der Waals surface area (Å²) in [6.45, 7) is 1.87. The van der Waals surface area contributed by atoms with Gasteiger partial charge in [0.15, 0.2) is 0 Å². The van der Waals surface area contributed by atoms with Crippen molar-refractivity contribution in [1.82, 2.24) is 0 Å². The van der Waals surface area contributed by atoms with E-state index in [1.807, 2.05) is 6.92 Å². The molecule has 2 rings (SSSR count). The highest BCUT2D eigenvalue weighted by Crippen LogP contribution is 2.21. The van der Waals surface area contributed by atoms with Gasteiger partial charge in [-0.25, -0.2) is 9.18 Å². The number of carbonyl (C=O) groups excluding carboxylic acids is 1. The number of benzene rings is 2. The summed E-state index contributed by atoms with van der Waals surface area (Å²) >= 11 is 11.6. The van der Waals surface area contributed by atoms with Crippen molar-refractivity contribution in [2.75, 3.05) is 10.6 Å². The predicted molar refractivity (Wildman–Crippen MR) is 80.2 cm³/mol. The van der Waals surface area contributed by atoms with Crippen LogP contribution in [0.4, 0.5) is 20.6 Å². The molecule has 0 unspecified atom stereocenters. The van der Waals surface area contributed by atoms with Crippen molar-refractivity contribution in [1.29, 1.82) is 0 Å². The Hall–Kier alpha value is -1.78. The molecule has 0 saturated heterocycles. The van der Waals surface area contributed by atoms with Crippen molar-refractivity contribution in [3.8, 4) is 0 Å². The Morgan fingerprint density at radius 1 is 1.00 bits per heavy atom. The van der Waals surface area contributed by atoms with Crippen LogP contribution in [0.15, 0.2) is 36.4 Å². The summed E-state index contributed by atoms with van der Waals surface area (Å²) in [6, 6.07) is 8.65. The lowest BCUT2D eigenvalue weighted by atomic mass is 10.2. The fraction of sp³-hybridized carbons (Fsp3) is 0.0714. The van der Waals surface area contributed by atoms with Crippen LogP contribution in [0.2, 0.25) is 10.0 Å². The van der Waals surface area contributed by atoms with E-state index in [1.165, 1.54) is 18.2 Å². The fourth-order valence-corrected chi connectivity index (χ4v) is 1.90. The van der Waals surface area contributed by atoms with Gasteiger partial charge < -0.3 is 10.6 Å². The second kappa shape index (κ2) is 6.11. The average molecular weight is 313 g/mol. The normalized spacial score (nSPS) is 10.2. The second-order valence-electron chi connectivity index (χ2n) is 4.17. The predicted octanol–water partition coefficient (Wildman–Crippen LogP) is 5.08. The molecule has 0 radical (unpaired) electrons. The molecule has 0 bridgehead atoms. The number of rotatable bonds is 2. The Bertz CT molecular complexity index is 606. The molecule has 20 heavy (non-hydrogen) atoms. The number of nitrogens with one attached hydrogen (secondary N) is 2. The number of hydrogen-bond donors (Lipinski definition) is 2. The van der Waals surface area contributed by atoms with E-state index in [9.17, 15) is 9.18 Å². The summed E-state index contributed by atoms with van der Waals surface area (Å²) in [5.41, 5.74) is 1.88. The van der Waals surface area contributed by atoms with Crippen LogP contribution >= 0.6 is 23.2 Å². The monoisotopic (exact) mass is 312 g/mol. The van der Waals surface area contributed by atoms with E-state index in [0.29, 0.717) is 16.4 Å². The maximum Gasteiger partial charge on any atom is 0.323 e. The van der Waals surface area contributed by atoms with Crippen molar-refractivity contribution in [2.24, 2.45) is 0 Å². The van der Waals surface area contributed by atoms with Crippen LogP contribution in [-0.4, -0.2) is 6.03 Å². The zero-order valence-electron chi connectivity index (χ0n) is 10.5. The molecule has 0 atom stereocenters. The van der Waals surface area contributed by atoms with Crippen molar-refractivity contribution >= 4 is 40.6 Å². The van der Waals surface area contributed by atoms with Gasteiger partial charge in [0.2, 0.25) is 0 Å². The van der Waals surface area contributed by atoms with E-state index in [1.54, 1.807) is 18.2 Å². The third-order valence-electron chi connectivity index (χ3n) is 2.61. The molecule has 0 aliphatic carbocycles. The molecule has 0 aliphatic heterocycles. The Morgan fingerprint density at radius 2 is 1.55 bits per heavy atom. The molecule has 0 fully saturated rings. The van der Waals surface area contributed by atoms with Crippen molar-refractivity contribution in [3.05, 3.63) is 57.8 Å². The SMILES string of the molecule is Cc1ccc(NC(=O)Nc2ccc(F)c(Cl)c2)cc1Cl. The molecule has 6 heteroatoms. The van der Waals surface area contributed by atoms with Gasteiger partial charge >= 0.3 is 6.03 Å². The van der Waals surface area contributed by atoms with Crippen LogP contribution in [0.25, 0.3) is 0 Å². The number of anilines is 2. The van der Waals surface area contributed by atoms with Gasteiger partial charge in [-0.2, -0.15) is 0 Å². The number of hydrogen-bond acceptors (Lipinski definition) is 1. The van der Waals surface area contributed by atoms with E-state index in [2.05, 4.69) is 10.6 Å². The third-order valence-corrected chi connectivity index (χ3v) is 3.30. The van der Waals surface area contributed by atoms with Crippen molar-refractivity contribution in [2.45, 2.75) is 6.92 Å². The summed E-state index contributed by atoms with van der Waals surface area (Å²) in [4.78, 5) is 11.8. The first-order chi connectivity index (χ1) is 9.45. The third kappa shape index (κ3) is 3.62. The van der Waals surface area contributed by atoms with Crippen LogP contribution in [-0.2, 0) is 0 Å². The zero-order valence-corrected chi connectivity index (χ0v) is 12.0. The Labute approximate surface area is 125 Å². The molecule has 0 spiro atoms. The van der Waals surface area contributed by atoms with Gasteiger partial charge in [-0.15, -0.1) is 0 Å². The molecule has 0 aliphatic rings. The maximum absolute atomic E-state index is 13.0. The highest BCUT2D eigenvalue weighted by Gasteiger charge is 2.06. The number of aryl methyl sites for hydroxylation is 1. The highest BCUT2D eigenvalue weighted by molar-refractivity contribution is 6.31. The summed E-state index contributed by atoms with van der Waals surface area (Å²) in [5, 5.41) is 5.68. The first-order valence-corrected chi connectivity index (χ1v) is 6.50. The van der Waals surface area contributed by atoms with Gasteiger partial charge in [-0.1, -0.05) is 29.3 Å². The number of halogens is 3. The molecule has 2 aromatic carbocycles. The van der Waals surface area contributed by atoms with Crippen molar-refractivity contribution in [3.63, 3.8) is 0 Å². The molecule has 0 saturated carbocycles. The standard InChI is InChI=1S/C14H11Cl2FN2O/c1-8-2-3-9(6-11(8)15)18-14(20)19-10-4-5-13(17)12(16)7-10/h2-7H,1H3,(H2,18,19,20). The largest absolute Gasteiger partial charge is 0.323 e. The molecule has 104 valence electrons. The van der Waals surface area contributed by atoms with E-state index in [0.717, 1.165) is 5.56 Å². The van der Waals surface area contributed by atoms with Gasteiger partial charge in [-0.3, -0.25) is 0 Å². The smallest absolute Gasteiger partial charge is 0.308 e. The van der Waals surface area contributed by atoms with E-state index >= 15 is 0 Å². The van der Waals surface area contributed by atoms with Gasteiger partial charge in [-0.05, 0) is 42.8 Å². The summed E-state index contributed by atoms with van der Waals surface area (Å²) in [6.07, 6.45) is 0. The lowest BCUT2D eigenvalue weighted by molar-refractivity contribution is 0.262. The van der Waals surface area contributed by atoms with Crippen LogP contribution in [0, 0.1) is 12.7 Å². The summed E-state index contributed by atoms with van der Waals surface area (Å²) in [7, 11) is 0. The molecular formula is C14H11Cl2FN2O. The Kier molecular flexibility index (Phi) is 4.47. The van der Waals surface area contributed by atoms with Crippen molar-refractivity contribution < 1.29 is 9.18 Å². The molecule has 2 N–H and O–H groups in total. The minimum Gasteiger partial charge on any atom is -0.308 e. The molecule has 2 amide bonds. The Balaban J connectivity index is 2.04. The fourth-order valence-electron chi connectivity index (χ4n) is 1.54. The first kappa shape index (κ1) is 14.6. The molecule has 3 nitrogen and oxygen atoms in total. The molecule has 0 aromatic heterocycles. The van der Waals surface area contributed by atoms with Crippen LogP contribution < -0.4 is 10.6 Å². The van der Waals surface area contributed by atoms with Crippen LogP contribution in [0.1, 0.15) is 5.56 Å². The molecular weight excluding hydrogens is 302 g/mol. The van der Waals surface area contributed by atoms with Gasteiger partial charge in [0.05, 0.1) is 5.02 Å². The lowest BCUT2D eigenvalue weighted by Crippen LogP contribution is -2.19. The topological polar surface area (TPSA) is 41.1 Å². The van der Waals surface area contributed by atoms with Gasteiger partial charge in [0, 0.05) is 16.4 Å². The maximum atomic E-state index is 13.0. The minimum absolute atomic E-state index is 0.0545. The first-order valence-electron chi connectivity index (χ1n) is 5.75. The lowest BCUT2D eigenvalue weighted by Gasteiger charge is -2.09. The van der Waals surface area contributed by atoms with E-state index in [-0.39, 0.29) is 5.02 Å². The number of carbonyl (C=O) groups is 1. The van der Waals surface area contributed by atoms with Gasteiger partial charge in [0.1, 0.15) is 5.82 Å². The quantitative estimate of drug-likeness (QED) is 0.797. The highest BCUT2D eigenvalue weighted by atomic mass is 35.5. The second-order valence-corrected chi connectivity index (χ2v) is 4.99. The van der Waals surface area contributed by atoms with E-state index < -0.39 is 11.8 Å². The van der Waals surface area contributed by atoms with E-state index in [4.69, 9.17) is 23.2 Å². The minimum atomic E-state index is -0.539.